The van der Waals surface area contributed by atoms with Crippen LogP contribution in [0.5, 0.6) is 0 Å². The molecule has 2 N–H and O–H groups in total. The number of aryl methyl sites for hydroxylation is 6. The maximum atomic E-state index is 16.7. The van der Waals surface area contributed by atoms with Crippen molar-refractivity contribution < 1.29 is 97.0 Å². The Bertz CT molecular complexity index is 6220. The Hall–Kier alpha value is -12.1. The predicted molar refractivity (Wildman–Crippen MR) is 487 cm³/mol. The lowest BCUT2D eigenvalue weighted by molar-refractivity contribution is -0.142. The minimum absolute atomic E-state index is 0.000861. The number of rotatable bonds is 12. The Morgan fingerprint density at radius 1 is 0.434 bits per heavy atom. The van der Waals surface area contributed by atoms with E-state index in [9.17, 15) is 83.9 Å². The maximum absolute atomic E-state index is 16.7. The van der Waals surface area contributed by atoms with Gasteiger partial charge in [-0.3, -0.25) is 71.6 Å². The van der Waals surface area contributed by atoms with Gasteiger partial charge in [0, 0.05) is 131 Å². The summed E-state index contributed by atoms with van der Waals surface area (Å²) in [6, 6.07) is 12.0. The molecule has 3 aromatic carbocycles. The molecule has 6 bridgehead atoms. The third-order valence-electron chi connectivity index (χ3n) is 27.6. The Morgan fingerprint density at radius 2 is 0.831 bits per heavy atom. The zero-order valence-electron chi connectivity index (χ0n) is 78.0. The number of carbonyl (C=O) groups is 12. The number of halogens is 9. The zero-order valence-corrected chi connectivity index (χ0v) is 78.0. The summed E-state index contributed by atoms with van der Waals surface area (Å²) in [7, 11) is 0. The molecule has 6 atom stereocenters. The molecule has 9 aromatic rings. The topological polar surface area (TPSA) is 344 Å². The number of aromatic nitrogens is 10. The molecule has 136 heavy (non-hydrogen) atoms. The number of carbonyl (C=O) groups excluding carboxylic acids is 12. The van der Waals surface area contributed by atoms with Gasteiger partial charge in [-0.25, -0.2) is 33.1 Å². The van der Waals surface area contributed by atoms with Gasteiger partial charge < -0.3 is 25.3 Å². The van der Waals surface area contributed by atoms with Crippen molar-refractivity contribution in [3.63, 3.8) is 0 Å². The standard InChI is InChI=1S/C36H40F4N4O4.C33H37F4N5O4.C31H37FN6O4/c1-21-15-24-7-5-4-6-11-34(13-14-34)30(47)10-12-35(37)18-27(28(46)17-26-22(2)8-9-29(41-26)36(38,39)40)43(20-35)31(48)19-44-33(24)25(16-21)32(42-44)23(3)45;1-19-13-23-30(21(3)43)40-42-17-29(46)41-18-32(34,11-10-22(44)7-5-4-6-12-38-25(14-19)31(23)42)16-26(41)27(45)15-24-20(2)8-9-28(39-24)33(35,36)37;1-4-27(41)26-14-31(32)10-9-23(40)8-6-5-7-11-33-25-13-21(22-15-34-20(3)35-16-22)12-24-29(19(2)39)36-38(30(24)25)17-28(42)37(26)18-31/h8-9,15-16,27H,4-7,10-14,17-20H2,1-3H3;8-9,13-14,26,38H,4-7,10-12,15-18H2,1-3H3;12-13,15-16,26,33H,4-11,14,17-18H2,1-3H3/t27-,35+;26-,32+;26-,31+/m000/s1. The molecule has 27 nitrogen and oxygen atoms in total. The van der Waals surface area contributed by atoms with E-state index in [1.807, 2.05) is 44.2 Å². The first kappa shape index (κ1) is 99.8. The highest BCUT2D eigenvalue weighted by Crippen LogP contribution is 2.53. The third-order valence-corrected chi connectivity index (χ3v) is 27.6. The Morgan fingerprint density at radius 3 is 1.26 bits per heavy atom. The lowest BCUT2D eigenvalue weighted by atomic mass is 9.86. The second-order valence-corrected chi connectivity index (χ2v) is 38.2. The number of nitrogens with one attached hydrogen (secondary N) is 2. The smallest absolute Gasteiger partial charge is 0.383 e. The molecule has 0 radical (unpaired) electrons. The quantitative estimate of drug-likeness (QED) is 0.0847. The van der Waals surface area contributed by atoms with Crippen LogP contribution < -0.4 is 10.6 Å². The van der Waals surface area contributed by atoms with E-state index in [1.165, 1.54) is 65.7 Å². The average molecular weight is 1890 g/mol. The van der Waals surface area contributed by atoms with Crippen LogP contribution in [0.15, 0.2) is 73.1 Å². The summed E-state index contributed by atoms with van der Waals surface area (Å²) in [4.78, 5) is 178. The number of hydrogen-bond donors (Lipinski definition) is 2. The lowest BCUT2D eigenvalue weighted by Crippen LogP contribution is -2.43. The van der Waals surface area contributed by atoms with Crippen LogP contribution in [-0.2, 0) is 94.4 Å². The number of hydrogen-bond acceptors (Lipinski definition) is 21. The van der Waals surface area contributed by atoms with Crippen molar-refractivity contribution in [1.82, 2.24) is 64.0 Å². The number of amides is 3. The molecule has 1 spiro atoms. The second kappa shape index (κ2) is 40.6. The summed E-state index contributed by atoms with van der Waals surface area (Å²) in [5.74, 6) is -3.52. The maximum Gasteiger partial charge on any atom is 0.433 e. The molecule has 0 unspecified atom stereocenters. The summed E-state index contributed by atoms with van der Waals surface area (Å²) in [5, 5.41) is 22.1. The summed E-state index contributed by atoms with van der Waals surface area (Å²) in [5.41, 5.74) is -0.228. The van der Waals surface area contributed by atoms with E-state index in [1.54, 1.807) is 32.3 Å². The summed E-state index contributed by atoms with van der Waals surface area (Å²) >= 11 is 0. The van der Waals surface area contributed by atoms with Crippen LogP contribution in [0, 0.1) is 40.0 Å². The first-order valence-electron chi connectivity index (χ1n) is 46.9. The van der Waals surface area contributed by atoms with Crippen molar-refractivity contribution in [2.24, 2.45) is 5.41 Å². The van der Waals surface area contributed by atoms with E-state index in [0.29, 0.717) is 99.8 Å². The van der Waals surface area contributed by atoms with Crippen molar-refractivity contribution in [3.05, 3.63) is 147 Å². The van der Waals surface area contributed by atoms with Gasteiger partial charge in [0.2, 0.25) is 17.7 Å². The number of nitrogens with zero attached hydrogens (tertiary/aromatic N) is 13. The van der Waals surface area contributed by atoms with Crippen molar-refractivity contribution >= 4 is 114 Å². The largest absolute Gasteiger partial charge is 0.433 e. The summed E-state index contributed by atoms with van der Waals surface area (Å²) in [6.45, 7) is 13.5. The number of fused-ring (bicyclic) bond motifs is 6. The number of benzene rings is 3. The molecule has 3 saturated heterocycles. The van der Waals surface area contributed by atoms with E-state index in [2.05, 4.69) is 45.9 Å². The van der Waals surface area contributed by atoms with E-state index in [-0.39, 0.29) is 153 Å². The van der Waals surface area contributed by atoms with Crippen LogP contribution in [0.4, 0.5) is 50.9 Å². The van der Waals surface area contributed by atoms with Crippen LogP contribution in [0.1, 0.15) is 270 Å². The Kier molecular flexibility index (Phi) is 29.8. The SMILES string of the molecule is CC(=O)c1nn2c3c(cc(C)cc13)CCCCCC1(CC1)C(=O)CC[C@@]1(F)C[C@@H](C(=O)Cc3nc(C(F)(F)F)ccc3C)N(C1)C(=O)C2.CC(=O)c1nn2c3c(cc(C)cc13)NCCCCCC(=O)CC[C@@]1(F)C[C@@H](C(=O)Cc3nc(C(F)(F)F)ccc3C)N(C1)C(=O)C2.CCC(=O)[C@@H]1C[C@]2(F)CCC(=O)CCCCCNc3cc(-c4cnc(C)nc4)cc4c(C(C)=O)nn(c34)CC(=O)N1C2. The van der Waals surface area contributed by atoms with Crippen LogP contribution >= 0.6 is 0 Å². The van der Waals surface area contributed by atoms with Crippen molar-refractivity contribution in [2.45, 2.75) is 303 Å². The first-order valence-corrected chi connectivity index (χ1v) is 46.9. The monoisotopic (exact) mass is 1890 g/mol. The van der Waals surface area contributed by atoms with Crippen LogP contribution in [-0.4, -0.2) is 202 Å². The zero-order chi connectivity index (χ0) is 98.0. The molecule has 3 amide bonds. The molecular formula is C100H114F9N15O12. The van der Waals surface area contributed by atoms with Gasteiger partial charge in [-0.15, -0.1) is 0 Å². The molecular weight excluding hydrogens is 1770 g/mol. The van der Waals surface area contributed by atoms with Gasteiger partial charge in [-0.05, 0) is 182 Å². The van der Waals surface area contributed by atoms with Crippen LogP contribution in [0.3, 0.4) is 0 Å². The Balaban J connectivity index is 0.000000164. The molecule has 6 aliphatic heterocycles. The van der Waals surface area contributed by atoms with Crippen LogP contribution in [0.2, 0.25) is 0 Å². The van der Waals surface area contributed by atoms with Gasteiger partial charge in [0.25, 0.3) is 0 Å². The molecule has 16 rings (SSSR count). The minimum atomic E-state index is -4.72. The van der Waals surface area contributed by atoms with Gasteiger partial charge in [0.15, 0.2) is 34.7 Å². The minimum Gasteiger partial charge on any atom is -0.383 e. The summed E-state index contributed by atoms with van der Waals surface area (Å²) < 4.78 is 134. The highest BCUT2D eigenvalue weighted by Gasteiger charge is 2.55. The molecule has 1 aliphatic carbocycles. The fourth-order valence-electron chi connectivity index (χ4n) is 20.0. The number of ketones is 9. The highest BCUT2D eigenvalue weighted by molar-refractivity contribution is 6.11. The van der Waals surface area contributed by atoms with Crippen LogP contribution in [0.25, 0.3) is 43.8 Å². The van der Waals surface area contributed by atoms with Gasteiger partial charge in [-0.1, -0.05) is 56.4 Å². The van der Waals surface area contributed by atoms with Gasteiger partial charge in [-0.2, -0.15) is 41.6 Å². The molecule has 7 aliphatic rings. The number of Topliss-reactive ketones (excluding diaryl/α,β-unsaturated/α-hetero) is 9. The fraction of sp³-hybridized carbons (Fsp3) is 0.530. The van der Waals surface area contributed by atoms with Gasteiger partial charge in [0.05, 0.1) is 89.9 Å². The van der Waals surface area contributed by atoms with Gasteiger partial charge >= 0.3 is 12.4 Å². The van der Waals surface area contributed by atoms with E-state index >= 15 is 13.2 Å². The number of anilines is 2. The number of pyridine rings is 2. The van der Waals surface area contributed by atoms with E-state index < -0.39 is 132 Å². The molecule has 1 saturated carbocycles. The third kappa shape index (κ3) is 22.7. The molecule has 6 aromatic heterocycles. The van der Waals surface area contributed by atoms with E-state index in [4.69, 9.17) is 0 Å². The van der Waals surface area contributed by atoms with Crippen molar-refractivity contribution in [1.29, 1.82) is 0 Å². The lowest BCUT2D eigenvalue weighted by Gasteiger charge is -2.24. The number of alkyl halides is 9. The molecule has 724 valence electrons. The fourth-order valence-corrected chi connectivity index (χ4v) is 20.0. The normalized spacial score (nSPS) is 22.5. The first-order chi connectivity index (χ1) is 64.3. The van der Waals surface area contributed by atoms with Crippen molar-refractivity contribution in [2.75, 3.05) is 43.4 Å². The molecule has 36 heteroatoms. The molecule has 4 fully saturated rings. The average Bonchev–Trinajstić information content (AvgIpc) is 1.60. The Labute approximate surface area is 780 Å². The highest BCUT2D eigenvalue weighted by atomic mass is 19.4. The predicted octanol–water partition coefficient (Wildman–Crippen LogP) is 17.0. The van der Waals surface area contributed by atoms with E-state index in [0.717, 1.165) is 114 Å². The van der Waals surface area contributed by atoms with Gasteiger partial charge in [0.1, 0.15) is 88.3 Å². The molecule has 12 heterocycles. The van der Waals surface area contributed by atoms with Crippen molar-refractivity contribution in [3.8, 4) is 11.1 Å². The second-order valence-electron chi connectivity index (χ2n) is 38.2. The summed E-state index contributed by atoms with van der Waals surface area (Å²) in [6.07, 6.45) is 2.48.